The van der Waals surface area contributed by atoms with Gasteiger partial charge in [0.05, 0.1) is 6.04 Å². The van der Waals surface area contributed by atoms with Gasteiger partial charge in [0.25, 0.3) is 0 Å². The van der Waals surface area contributed by atoms with Gasteiger partial charge in [-0.1, -0.05) is 30.3 Å². The molecule has 1 N–H and O–H groups in total. The molecule has 1 aromatic rings. The molecule has 4 aliphatic rings. The first-order valence-electron chi connectivity index (χ1n) is 8.50. The van der Waals surface area contributed by atoms with E-state index in [0.29, 0.717) is 5.91 Å². The van der Waals surface area contributed by atoms with Crippen molar-refractivity contribution in [3.63, 3.8) is 0 Å². The molecule has 0 radical (unpaired) electrons. The Balaban J connectivity index is 1.50. The van der Waals surface area contributed by atoms with Crippen LogP contribution < -0.4 is 5.32 Å². The van der Waals surface area contributed by atoms with Crippen molar-refractivity contribution in [2.75, 3.05) is 0 Å². The second-order valence-electron chi connectivity index (χ2n) is 7.80. The largest absolute Gasteiger partial charge is 0.349 e. The highest BCUT2D eigenvalue weighted by molar-refractivity contribution is 5.83. The second-order valence-corrected chi connectivity index (χ2v) is 7.80. The number of rotatable bonds is 3. The fourth-order valence-corrected chi connectivity index (χ4v) is 5.56. The van der Waals surface area contributed by atoms with Gasteiger partial charge in [-0.05, 0) is 68.8 Å². The molecular formula is C19H25NO. The maximum Gasteiger partial charge on any atom is 0.226 e. The molecule has 0 heterocycles. The first-order chi connectivity index (χ1) is 10.1. The molecule has 1 amide bonds. The van der Waals surface area contributed by atoms with E-state index in [1.165, 1.54) is 24.8 Å². The Bertz CT molecular complexity index is 500. The van der Waals surface area contributed by atoms with Crippen LogP contribution in [0.4, 0.5) is 0 Å². The lowest BCUT2D eigenvalue weighted by Crippen LogP contribution is -2.53. The molecule has 4 saturated carbocycles. The number of hydrogen-bond acceptors (Lipinski definition) is 1. The third-order valence-electron chi connectivity index (χ3n) is 6.17. The zero-order valence-corrected chi connectivity index (χ0v) is 12.8. The maximum absolute atomic E-state index is 13.0. The summed E-state index contributed by atoms with van der Waals surface area (Å²) in [6, 6.07) is 10.4. The Morgan fingerprint density at radius 1 is 1.05 bits per heavy atom. The first-order valence-corrected chi connectivity index (χ1v) is 8.50. The zero-order valence-electron chi connectivity index (χ0n) is 12.8. The van der Waals surface area contributed by atoms with Gasteiger partial charge in [0.15, 0.2) is 0 Å². The van der Waals surface area contributed by atoms with Crippen LogP contribution >= 0.6 is 0 Å². The molecule has 0 aromatic heterocycles. The molecule has 4 aliphatic carbocycles. The van der Waals surface area contributed by atoms with E-state index in [0.717, 1.165) is 37.0 Å². The van der Waals surface area contributed by atoms with Gasteiger partial charge in [-0.15, -0.1) is 0 Å². The number of carbonyl (C=O) groups is 1. The van der Waals surface area contributed by atoms with Crippen molar-refractivity contribution < 1.29 is 4.79 Å². The fraction of sp³-hybridized carbons (Fsp3) is 0.632. The van der Waals surface area contributed by atoms with E-state index in [9.17, 15) is 4.79 Å². The second kappa shape index (κ2) is 4.86. The van der Waals surface area contributed by atoms with Crippen molar-refractivity contribution in [1.82, 2.24) is 5.32 Å². The van der Waals surface area contributed by atoms with Crippen molar-refractivity contribution in [2.24, 2.45) is 23.2 Å². The first kappa shape index (κ1) is 13.4. The van der Waals surface area contributed by atoms with Crippen LogP contribution in [0.1, 0.15) is 57.1 Å². The minimum atomic E-state index is -0.0300. The minimum Gasteiger partial charge on any atom is -0.349 e. The van der Waals surface area contributed by atoms with Crippen LogP contribution in [0, 0.1) is 23.2 Å². The predicted molar refractivity (Wildman–Crippen MR) is 83.6 cm³/mol. The molecule has 1 atom stereocenters. The van der Waals surface area contributed by atoms with Gasteiger partial charge >= 0.3 is 0 Å². The lowest BCUT2D eigenvalue weighted by molar-refractivity contribution is -0.147. The van der Waals surface area contributed by atoms with E-state index in [-0.39, 0.29) is 11.5 Å². The van der Waals surface area contributed by atoms with Crippen LogP contribution in [0.2, 0.25) is 0 Å². The third-order valence-corrected chi connectivity index (χ3v) is 6.17. The van der Waals surface area contributed by atoms with Crippen LogP contribution in [0.15, 0.2) is 30.3 Å². The number of amides is 1. The predicted octanol–water partition coefficient (Wildman–Crippen LogP) is 4.08. The molecule has 4 bridgehead atoms. The Kier molecular flexibility index (Phi) is 3.09. The summed E-state index contributed by atoms with van der Waals surface area (Å²) in [7, 11) is 0. The van der Waals surface area contributed by atoms with Crippen LogP contribution in [-0.4, -0.2) is 5.91 Å². The highest BCUT2D eigenvalue weighted by Gasteiger charge is 2.54. The Morgan fingerprint density at radius 3 is 2.10 bits per heavy atom. The SMILES string of the molecule is C[C@@H](NC(=O)C12CC3CC(CC(C3)C1)C2)c1ccccc1. The van der Waals surface area contributed by atoms with Crippen molar-refractivity contribution >= 4 is 5.91 Å². The maximum atomic E-state index is 13.0. The van der Waals surface area contributed by atoms with E-state index in [1.54, 1.807) is 0 Å². The van der Waals surface area contributed by atoms with Crippen molar-refractivity contribution in [3.05, 3.63) is 35.9 Å². The Labute approximate surface area is 127 Å². The third kappa shape index (κ3) is 2.29. The van der Waals surface area contributed by atoms with Crippen molar-refractivity contribution in [1.29, 1.82) is 0 Å². The topological polar surface area (TPSA) is 29.1 Å². The number of benzene rings is 1. The van der Waals surface area contributed by atoms with Gasteiger partial charge in [-0.2, -0.15) is 0 Å². The van der Waals surface area contributed by atoms with E-state index in [2.05, 4.69) is 24.4 Å². The van der Waals surface area contributed by atoms with Gasteiger partial charge < -0.3 is 5.32 Å². The van der Waals surface area contributed by atoms with Gasteiger partial charge in [0.2, 0.25) is 5.91 Å². The summed E-state index contributed by atoms with van der Waals surface area (Å²) in [5.74, 6) is 2.81. The van der Waals surface area contributed by atoms with E-state index in [4.69, 9.17) is 0 Å². The zero-order chi connectivity index (χ0) is 14.4. The molecule has 0 aliphatic heterocycles. The average Bonchev–Trinajstić information content (AvgIpc) is 2.46. The highest BCUT2D eigenvalue weighted by atomic mass is 16.2. The summed E-state index contributed by atoms with van der Waals surface area (Å²) in [6.07, 6.45) is 7.60. The molecule has 0 unspecified atom stereocenters. The normalized spacial score (nSPS) is 38.2. The quantitative estimate of drug-likeness (QED) is 0.889. The fourth-order valence-electron chi connectivity index (χ4n) is 5.56. The molecule has 2 heteroatoms. The summed E-state index contributed by atoms with van der Waals surface area (Å²) in [5.41, 5.74) is 1.17. The van der Waals surface area contributed by atoms with Crippen molar-refractivity contribution in [2.45, 2.75) is 51.5 Å². The summed E-state index contributed by atoms with van der Waals surface area (Å²) in [6.45, 7) is 2.10. The van der Waals surface area contributed by atoms with Gasteiger partial charge in [-0.3, -0.25) is 4.79 Å². The lowest BCUT2D eigenvalue weighted by Gasteiger charge is -2.55. The van der Waals surface area contributed by atoms with E-state index in [1.807, 2.05) is 18.2 Å². The van der Waals surface area contributed by atoms with Crippen LogP contribution in [0.5, 0.6) is 0 Å². The van der Waals surface area contributed by atoms with Gasteiger partial charge in [-0.25, -0.2) is 0 Å². The number of hydrogen-bond donors (Lipinski definition) is 1. The number of nitrogens with one attached hydrogen (secondary N) is 1. The summed E-state index contributed by atoms with van der Waals surface area (Å²) in [5, 5.41) is 3.31. The van der Waals surface area contributed by atoms with Crippen molar-refractivity contribution in [3.8, 4) is 0 Å². The molecular weight excluding hydrogens is 258 g/mol. The van der Waals surface area contributed by atoms with Gasteiger partial charge in [0.1, 0.15) is 0 Å². The Hall–Kier alpha value is -1.31. The minimum absolute atomic E-state index is 0.0300. The van der Waals surface area contributed by atoms with E-state index >= 15 is 0 Å². The lowest BCUT2D eigenvalue weighted by atomic mass is 9.49. The molecule has 0 spiro atoms. The molecule has 112 valence electrons. The Morgan fingerprint density at radius 2 is 1.57 bits per heavy atom. The molecule has 2 nitrogen and oxygen atoms in total. The smallest absolute Gasteiger partial charge is 0.226 e. The molecule has 0 saturated heterocycles. The summed E-state index contributed by atoms with van der Waals surface area (Å²) >= 11 is 0. The molecule has 1 aromatic carbocycles. The van der Waals surface area contributed by atoms with Crippen LogP contribution in [0.3, 0.4) is 0 Å². The summed E-state index contributed by atoms with van der Waals surface area (Å²) < 4.78 is 0. The van der Waals surface area contributed by atoms with Gasteiger partial charge in [0, 0.05) is 5.41 Å². The molecule has 4 fully saturated rings. The average molecular weight is 283 g/mol. The number of carbonyl (C=O) groups excluding carboxylic acids is 1. The molecule has 21 heavy (non-hydrogen) atoms. The standard InChI is InChI=1S/C19H25NO/c1-13(17-5-3-2-4-6-17)20-18(21)19-10-14-7-15(11-19)9-16(8-14)12-19/h2-6,13-16H,7-12H2,1H3,(H,20,21)/t13-,14?,15?,16?,19?/m1/s1. The molecule has 5 rings (SSSR count). The monoisotopic (exact) mass is 283 g/mol. The van der Waals surface area contributed by atoms with Crippen LogP contribution in [0.25, 0.3) is 0 Å². The summed E-state index contributed by atoms with van der Waals surface area (Å²) in [4.78, 5) is 13.0. The van der Waals surface area contributed by atoms with E-state index < -0.39 is 0 Å². The highest BCUT2D eigenvalue weighted by Crippen LogP contribution is 2.60. The van der Waals surface area contributed by atoms with Crippen LogP contribution in [-0.2, 0) is 4.79 Å².